The lowest BCUT2D eigenvalue weighted by Crippen LogP contribution is -2.46. The van der Waals surface area contributed by atoms with Crippen molar-refractivity contribution in [2.45, 2.75) is 50.2 Å². The van der Waals surface area contributed by atoms with Crippen LogP contribution in [0.3, 0.4) is 0 Å². The highest BCUT2D eigenvalue weighted by Crippen LogP contribution is 2.20. The molecular formula is C16H24N2O3S. The summed E-state index contributed by atoms with van der Waals surface area (Å²) < 4.78 is 17.9. The summed E-state index contributed by atoms with van der Waals surface area (Å²) in [6.45, 7) is 6.75. The lowest BCUT2D eigenvalue weighted by Gasteiger charge is -2.33. The molecule has 1 aromatic heterocycles. The number of hydrogen-bond acceptors (Lipinski definition) is 4. The van der Waals surface area contributed by atoms with Gasteiger partial charge in [-0.1, -0.05) is 0 Å². The summed E-state index contributed by atoms with van der Waals surface area (Å²) in [6, 6.07) is 3.76. The van der Waals surface area contributed by atoms with Crippen LogP contribution >= 0.6 is 0 Å². The first-order chi connectivity index (χ1) is 10.3. The van der Waals surface area contributed by atoms with Crippen LogP contribution in [0.4, 0.5) is 4.79 Å². The van der Waals surface area contributed by atoms with E-state index < -0.39 is 16.4 Å². The Morgan fingerprint density at radius 1 is 1.41 bits per heavy atom. The Hall–Kier alpha value is -1.43. The van der Waals surface area contributed by atoms with Crippen molar-refractivity contribution in [3.8, 4) is 0 Å². The second kappa shape index (κ2) is 7.22. The topological polar surface area (TPSA) is 59.5 Å². The van der Waals surface area contributed by atoms with Gasteiger partial charge >= 0.3 is 6.09 Å². The molecule has 0 bridgehead atoms. The molecule has 2 rings (SSSR count). The highest BCUT2D eigenvalue weighted by atomic mass is 32.2. The molecule has 122 valence electrons. The van der Waals surface area contributed by atoms with Gasteiger partial charge in [0.15, 0.2) is 0 Å². The third kappa shape index (κ3) is 5.09. The molecule has 1 amide bonds. The van der Waals surface area contributed by atoms with Gasteiger partial charge in [-0.25, -0.2) is 4.79 Å². The first-order valence-corrected chi connectivity index (χ1v) is 8.97. The SMILES string of the molecule is CC(C)(C)OC(=O)N1CCC[C@@H]([S@@](=O)Cc2ccncc2)C1. The van der Waals surface area contributed by atoms with Gasteiger partial charge in [0.1, 0.15) is 5.60 Å². The van der Waals surface area contributed by atoms with Crippen LogP contribution in [0.1, 0.15) is 39.2 Å². The Bertz CT molecular complexity index is 528. The minimum atomic E-state index is -0.995. The lowest BCUT2D eigenvalue weighted by molar-refractivity contribution is 0.0219. The van der Waals surface area contributed by atoms with Crippen molar-refractivity contribution in [1.82, 2.24) is 9.88 Å². The van der Waals surface area contributed by atoms with Gasteiger partial charge in [-0.3, -0.25) is 9.19 Å². The van der Waals surface area contributed by atoms with Crippen molar-refractivity contribution in [1.29, 1.82) is 0 Å². The second-order valence-electron chi connectivity index (χ2n) is 6.57. The number of rotatable bonds is 3. The molecule has 5 nitrogen and oxygen atoms in total. The lowest BCUT2D eigenvalue weighted by atomic mass is 10.1. The summed E-state index contributed by atoms with van der Waals surface area (Å²) in [5.41, 5.74) is 0.517. The number of carbonyl (C=O) groups is 1. The molecule has 0 aromatic carbocycles. The minimum absolute atomic E-state index is 0.00873. The largest absolute Gasteiger partial charge is 0.444 e. The average molecular weight is 324 g/mol. The van der Waals surface area contributed by atoms with Crippen molar-refractivity contribution in [2.75, 3.05) is 13.1 Å². The van der Waals surface area contributed by atoms with Crippen molar-refractivity contribution in [2.24, 2.45) is 0 Å². The van der Waals surface area contributed by atoms with Crippen LogP contribution < -0.4 is 0 Å². The fraction of sp³-hybridized carbons (Fsp3) is 0.625. The van der Waals surface area contributed by atoms with Crippen LogP contribution in [0.5, 0.6) is 0 Å². The molecule has 0 unspecified atom stereocenters. The molecule has 0 N–H and O–H groups in total. The summed E-state index contributed by atoms with van der Waals surface area (Å²) in [4.78, 5) is 17.8. The fourth-order valence-electron chi connectivity index (χ4n) is 2.41. The van der Waals surface area contributed by atoms with Gasteiger partial charge in [0.05, 0.1) is 5.25 Å². The van der Waals surface area contributed by atoms with Crippen LogP contribution in [0.25, 0.3) is 0 Å². The van der Waals surface area contributed by atoms with Crippen molar-refractivity contribution in [3.05, 3.63) is 30.1 Å². The molecular weight excluding hydrogens is 300 g/mol. The van der Waals surface area contributed by atoms with Crippen LogP contribution in [0.15, 0.2) is 24.5 Å². The summed E-state index contributed by atoms with van der Waals surface area (Å²) in [7, 11) is -0.995. The molecule has 0 spiro atoms. The summed E-state index contributed by atoms with van der Waals surface area (Å²) >= 11 is 0. The third-order valence-corrected chi connectivity index (χ3v) is 5.21. The summed E-state index contributed by atoms with van der Waals surface area (Å²) in [5.74, 6) is 0.509. The Balaban J connectivity index is 1.92. The molecule has 1 fully saturated rings. The van der Waals surface area contributed by atoms with Crippen molar-refractivity contribution in [3.63, 3.8) is 0 Å². The molecule has 2 heterocycles. The number of ether oxygens (including phenoxy) is 1. The smallest absolute Gasteiger partial charge is 0.410 e. The number of likely N-dealkylation sites (tertiary alicyclic amines) is 1. The van der Waals surface area contributed by atoms with Gasteiger partial charge < -0.3 is 9.64 Å². The molecule has 1 aliphatic rings. The zero-order valence-corrected chi connectivity index (χ0v) is 14.3. The van der Waals surface area contributed by atoms with E-state index >= 15 is 0 Å². The molecule has 0 aliphatic carbocycles. The maximum absolute atomic E-state index is 12.5. The van der Waals surface area contributed by atoms with Gasteiger partial charge in [0.25, 0.3) is 0 Å². The normalized spacial score (nSPS) is 20.5. The molecule has 1 saturated heterocycles. The van der Waals surface area contributed by atoms with E-state index in [0.717, 1.165) is 18.4 Å². The molecule has 22 heavy (non-hydrogen) atoms. The Labute approximate surface area is 134 Å². The molecule has 0 saturated carbocycles. The van der Waals surface area contributed by atoms with Crippen LogP contribution in [0.2, 0.25) is 0 Å². The number of aromatic nitrogens is 1. The summed E-state index contributed by atoms with van der Waals surface area (Å²) in [6.07, 6.45) is 4.86. The number of amides is 1. The number of nitrogens with zero attached hydrogens (tertiary/aromatic N) is 2. The van der Waals surface area contributed by atoms with E-state index in [1.54, 1.807) is 17.3 Å². The number of carbonyl (C=O) groups excluding carboxylic acids is 1. The predicted molar refractivity (Wildman–Crippen MR) is 86.9 cm³/mol. The third-order valence-electron chi connectivity index (χ3n) is 3.46. The maximum atomic E-state index is 12.5. The first-order valence-electron chi connectivity index (χ1n) is 7.59. The zero-order valence-electron chi connectivity index (χ0n) is 13.4. The highest BCUT2D eigenvalue weighted by molar-refractivity contribution is 7.84. The van der Waals surface area contributed by atoms with Gasteiger partial charge in [-0.2, -0.15) is 0 Å². The van der Waals surface area contributed by atoms with E-state index in [1.807, 2.05) is 32.9 Å². The number of pyridine rings is 1. The van der Waals surface area contributed by atoms with Crippen LogP contribution in [-0.2, 0) is 21.3 Å². The first kappa shape index (κ1) is 16.9. The number of hydrogen-bond donors (Lipinski definition) is 0. The minimum Gasteiger partial charge on any atom is -0.444 e. The van der Waals surface area contributed by atoms with E-state index in [4.69, 9.17) is 4.74 Å². The highest BCUT2D eigenvalue weighted by Gasteiger charge is 2.30. The van der Waals surface area contributed by atoms with Gasteiger partial charge in [0, 0.05) is 42.0 Å². The van der Waals surface area contributed by atoms with E-state index in [2.05, 4.69) is 4.98 Å². The zero-order chi connectivity index (χ0) is 16.2. The average Bonchev–Trinajstić information content (AvgIpc) is 2.46. The second-order valence-corrected chi connectivity index (χ2v) is 8.29. The molecule has 0 radical (unpaired) electrons. The number of piperidine rings is 1. The van der Waals surface area contributed by atoms with E-state index in [1.165, 1.54) is 0 Å². The molecule has 1 aromatic rings. The Morgan fingerprint density at radius 2 is 2.09 bits per heavy atom. The standard InChI is InChI=1S/C16H24N2O3S/c1-16(2,3)21-15(19)18-10-4-5-14(11-18)22(20)12-13-6-8-17-9-7-13/h6-9,14H,4-5,10-12H2,1-3H3/t14-,22+/m1/s1. The van der Waals surface area contributed by atoms with E-state index in [0.29, 0.717) is 18.8 Å². The molecule has 1 aliphatic heterocycles. The van der Waals surface area contributed by atoms with Gasteiger partial charge in [-0.05, 0) is 51.3 Å². The monoisotopic (exact) mass is 324 g/mol. The van der Waals surface area contributed by atoms with Gasteiger partial charge in [0.2, 0.25) is 0 Å². The van der Waals surface area contributed by atoms with E-state index in [-0.39, 0.29) is 11.3 Å². The molecule has 2 atom stereocenters. The quantitative estimate of drug-likeness (QED) is 0.858. The van der Waals surface area contributed by atoms with Crippen molar-refractivity contribution >= 4 is 16.9 Å². The van der Waals surface area contributed by atoms with Crippen molar-refractivity contribution < 1.29 is 13.7 Å². The fourth-order valence-corrected chi connectivity index (χ4v) is 3.94. The van der Waals surface area contributed by atoms with Crippen LogP contribution in [-0.4, -0.2) is 44.1 Å². The predicted octanol–water partition coefficient (Wildman–Crippen LogP) is 2.73. The summed E-state index contributed by atoms with van der Waals surface area (Å²) in [5, 5.41) is 0.00873. The maximum Gasteiger partial charge on any atom is 0.410 e. The molecule has 6 heteroatoms. The van der Waals surface area contributed by atoms with E-state index in [9.17, 15) is 9.00 Å². The van der Waals surface area contributed by atoms with Crippen LogP contribution in [0, 0.1) is 0 Å². The Kier molecular flexibility index (Phi) is 5.56. The Morgan fingerprint density at radius 3 is 2.73 bits per heavy atom. The van der Waals surface area contributed by atoms with Gasteiger partial charge in [-0.15, -0.1) is 0 Å².